The summed E-state index contributed by atoms with van der Waals surface area (Å²) >= 11 is 0. The number of fused-ring (bicyclic) bond motifs is 1. The van der Waals surface area contributed by atoms with Gasteiger partial charge in [0.15, 0.2) is 0 Å². The molecule has 2 aliphatic rings. The molecule has 0 bridgehead atoms. The molecule has 0 atom stereocenters. The second kappa shape index (κ2) is 8.14. The Balaban J connectivity index is 1.22. The molecule has 0 unspecified atom stereocenters. The number of sulfonamides is 1. The van der Waals surface area contributed by atoms with Gasteiger partial charge in [0.25, 0.3) is 10.0 Å². The maximum absolute atomic E-state index is 13.6. The maximum Gasteiger partial charge on any atom is 0.424 e. The fraction of sp³-hybridized carbons (Fsp3) is 0.375. The standard InChI is InChI=1S/C24H26FN3O4S/c1-17-2-5-20(6-3-17)33(30,31)28-16-24(32-23(28)29)9-12-27(13-10-24)11-8-18-15-26-22-7-4-19(25)14-21(18)22/h2-7,14-15,26H,8-13,16H2,1H3. The molecule has 2 aliphatic heterocycles. The van der Waals surface area contributed by atoms with Crippen LogP contribution in [-0.2, 0) is 21.2 Å². The highest BCUT2D eigenvalue weighted by Crippen LogP contribution is 2.36. The number of likely N-dealkylation sites (tertiary alicyclic amines) is 1. The van der Waals surface area contributed by atoms with E-state index in [9.17, 15) is 17.6 Å². The van der Waals surface area contributed by atoms with E-state index < -0.39 is 21.7 Å². The number of piperidine rings is 1. The smallest absolute Gasteiger partial charge is 0.424 e. The van der Waals surface area contributed by atoms with Crippen LogP contribution in [0.3, 0.4) is 0 Å². The van der Waals surface area contributed by atoms with E-state index in [1.54, 1.807) is 24.3 Å². The Morgan fingerprint density at radius 2 is 1.85 bits per heavy atom. The molecule has 3 aromatic rings. The van der Waals surface area contributed by atoms with Crippen LogP contribution in [0.25, 0.3) is 10.9 Å². The number of carbonyl (C=O) groups excluding carboxylic acids is 1. The van der Waals surface area contributed by atoms with Gasteiger partial charge in [0.1, 0.15) is 11.4 Å². The van der Waals surface area contributed by atoms with Crippen LogP contribution in [0.2, 0.25) is 0 Å². The summed E-state index contributed by atoms with van der Waals surface area (Å²) < 4.78 is 46.1. The number of H-pyrrole nitrogens is 1. The number of aromatic amines is 1. The number of hydrogen-bond donors (Lipinski definition) is 1. The molecule has 5 rings (SSSR count). The molecular formula is C24H26FN3O4S. The topological polar surface area (TPSA) is 82.7 Å². The highest BCUT2D eigenvalue weighted by Gasteiger charge is 2.51. The predicted molar refractivity (Wildman–Crippen MR) is 122 cm³/mol. The number of rotatable bonds is 5. The lowest BCUT2D eigenvalue weighted by atomic mass is 9.91. The Bertz CT molecular complexity index is 1290. The normalized spacial score (nSPS) is 18.8. The molecule has 0 aliphatic carbocycles. The summed E-state index contributed by atoms with van der Waals surface area (Å²) in [6.45, 7) is 4.10. The number of nitrogens with one attached hydrogen (secondary N) is 1. The zero-order chi connectivity index (χ0) is 23.2. The molecule has 1 aromatic heterocycles. The molecule has 2 fully saturated rings. The third kappa shape index (κ3) is 4.11. The SMILES string of the molecule is Cc1ccc(S(=O)(=O)N2CC3(CCN(CCc4c[nH]c5ccc(F)cc45)CC3)OC2=O)cc1. The van der Waals surface area contributed by atoms with Crippen molar-refractivity contribution in [3.8, 4) is 0 Å². The number of amides is 1. The molecule has 1 spiro atoms. The van der Waals surface area contributed by atoms with Crippen LogP contribution in [0.5, 0.6) is 0 Å². The highest BCUT2D eigenvalue weighted by atomic mass is 32.2. The van der Waals surface area contributed by atoms with Gasteiger partial charge in [0.05, 0.1) is 11.4 Å². The van der Waals surface area contributed by atoms with Crippen molar-refractivity contribution in [1.29, 1.82) is 0 Å². The van der Waals surface area contributed by atoms with Crippen molar-refractivity contribution < 1.29 is 22.3 Å². The van der Waals surface area contributed by atoms with Crippen LogP contribution < -0.4 is 0 Å². The number of ether oxygens (including phenoxy) is 1. The van der Waals surface area contributed by atoms with E-state index in [1.807, 2.05) is 13.1 Å². The molecule has 174 valence electrons. The summed E-state index contributed by atoms with van der Waals surface area (Å²) in [5.41, 5.74) is 2.14. The van der Waals surface area contributed by atoms with Gasteiger partial charge in [-0.15, -0.1) is 0 Å². The Morgan fingerprint density at radius 3 is 2.58 bits per heavy atom. The maximum atomic E-state index is 13.6. The zero-order valence-electron chi connectivity index (χ0n) is 18.4. The molecule has 1 amide bonds. The number of benzene rings is 2. The van der Waals surface area contributed by atoms with Gasteiger partial charge < -0.3 is 14.6 Å². The second-order valence-electron chi connectivity index (χ2n) is 8.97. The van der Waals surface area contributed by atoms with Gasteiger partial charge in [0.2, 0.25) is 0 Å². The van der Waals surface area contributed by atoms with Crippen LogP contribution in [0.1, 0.15) is 24.0 Å². The number of nitrogens with zero attached hydrogens (tertiary/aromatic N) is 2. The van der Waals surface area contributed by atoms with Crippen molar-refractivity contribution in [2.75, 3.05) is 26.2 Å². The van der Waals surface area contributed by atoms with E-state index in [-0.39, 0.29) is 17.3 Å². The van der Waals surface area contributed by atoms with Crippen LogP contribution >= 0.6 is 0 Å². The highest BCUT2D eigenvalue weighted by molar-refractivity contribution is 7.89. The summed E-state index contributed by atoms with van der Waals surface area (Å²) in [4.78, 5) is 18.1. The van der Waals surface area contributed by atoms with Gasteiger partial charge in [-0.05, 0) is 49.2 Å². The van der Waals surface area contributed by atoms with E-state index in [0.717, 1.165) is 39.3 Å². The van der Waals surface area contributed by atoms with Crippen LogP contribution in [-0.4, -0.2) is 60.5 Å². The van der Waals surface area contributed by atoms with Gasteiger partial charge >= 0.3 is 6.09 Å². The van der Waals surface area contributed by atoms with E-state index in [1.165, 1.54) is 18.2 Å². The molecule has 9 heteroatoms. The average Bonchev–Trinajstić information content (AvgIpc) is 3.34. The van der Waals surface area contributed by atoms with Gasteiger partial charge in [-0.2, -0.15) is 4.31 Å². The molecule has 33 heavy (non-hydrogen) atoms. The van der Waals surface area contributed by atoms with Crippen molar-refractivity contribution in [2.24, 2.45) is 0 Å². The minimum atomic E-state index is -3.95. The Hall–Kier alpha value is -2.91. The van der Waals surface area contributed by atoms with Crippen LogP contribution in [0, 0.1) is 12.7 Å². The zero-order valence-corrected chi connectivity index (χ0v) is 19.2. The molecular weight excluding hydrogens is 445 g/mol. The summed E-state index contributed by atoms with van der Waals surface area (Å²) in [6, 6.07) is 11.2. The predicted octanol–water partition coefficient (Wildman–Crippen LogP) is 3.83. The Morgan fingerprint density at radius 1 is 1.12 bits per heavy atom. The van der Waals surface area contributed by atoms with Crippen molar-refractivity contribution in [3.63, 3.8) is 0 Å². The van der Waals surface area contributed by atoms with Gasteiger partial charge in [-0.3, -0.25) is 0 Å². The Labute approximate surface area is 192 Å². The van der Waals surface area contributed by atoms with Crippen molar-refractivity contribution in [3.05, 3.63) is 65.6 Å². The average molecular weight is 472 g/mol. The molecule has 2 saturated heterocycles. The fourth-order valence-corrected chi connectivity index (χ4v) is 6.07. The van der Waals surface area contributed by atoms with Crippen molar-refractivity contribution >= 4 is 27.0 Å². The lowest BCUT2D eigenvalue weighted by molar-refractivity contribution is 0.00113. The summed E-state index contributed by atoms with van der Waals surface area (Å²) in [5, 5.41) is 0.894. The molecule has 7 nitrogen and oxygen atoms in total. The third-order valence-electron chi connectivity index (χ3n) is 6.74. The first-order valence-corrected chi connectivity index (χ1v) is 12.5. The first-order chi connectivity index (χ1) is 15.8. The van der Waals surface area contributed by atoms with E-state index in [0.29, 0.717) is 25.9 Å². The first-order valence-electron chi connectivity index (χ1n) is 11.1. The molecule has 1 N–H and O–H groups in total. The molecule has 2 aromatic carbocycles. The van der Waals surface area contributed by atoms with Gasteiger partial charge in [-0.1, -0.05) is 17.7 Å². The quantitative estimate of drug-likeness (QED) is 0.612. The number of halogens is 1. The van der Waals surface area contributed by atoms with E-state index >= 15 is 0 Å². The van der Waals surface area contributed by atoms with Crippen molar-refractivity contribution in [2.45, 2.75) is 36.7 Å². The van der Waals surface area contributed by atoms with Gasteiger partial charge in [-0.25, -0.2) is 17.6 Å². The first kappa shape index (κ1) is 21.9. The Kier molecular flexibility index (Phi) is 5.41. The number of hydrogen-bond acceptors (Lipinski definition) is 5. The summed E-state index contributed by atoms with van der Waals surface area (Å²) in [6.07, 6.45) is 3.03. The fourth-order valence-electron chi connectivity index (χ4n) is 4.70. The third-order valence-corrected chi connectivity index (χ3v) is 8.47. The molecule has 0 saturated carbocycles. The number of carbonyl (C=O) groups is 1. The minimum Gasteiger partial charge on any atom is -0.440 e. The van der Waals surface area contributed by atoms with Crippen LogP contribution in [0.4, 0.5) is 9.18 Å². The summed E-state index contributed by atoms with van der Waals surface area (Å²) in [5.74, 6) is -0.253. The second-order valence-corrected chi connectivity index (χ2v) is 10.8. The van der Waals surface area contributed by atoms with E-state index in [2.05, 4.69) is 9.88 Å². The summed E-state index contributed by atoms with van der Waals surface area (Å²) in [7, 11) is -3.95. The van der Waals surface area contributed by atoms with Crippen molar-refractivity contribution in [1.82, 2.24) is 14.2 Å². The molecule has 3 heterocycles. The van der Waals surface area contributed by atoms with E-state index in [4.69, 9.17) is 4.74 Å². The largest absolute Gasteiger partial charge is 0.440 e. The lowest BCUT2D eigenvalue weighted by Gasteiger charge is -2.37. The van der Waals surface area contributed by atoms with Gasteiger partial charge in [0, 0.05) is 49.6 Å². The lowest BCUT2D eigenvalue weighted by Crippen LogP contribution is -2.47. The van der Waals surface area contributed by atoms with Crippen LogP contribution in [0.15, 0.2) is 53.6 Å². The number of aromatic nitrogens is 1. The molecule has 0 radical (unpaired) electrons. The minimum absolute atomic E-state index is 0.0393. The monoisotopic (exact) mass is 471 g/mol. The number of aryl methyl sites for hydroxylation is 1.